The van der Waals surface area contributed by atoms with Crippen molar-refractivity contribution < 1.29 is 4.74 Å². The van der Waals surface area contributed by atoms with E-state index in [1.165, 1.54) is 11.3 Å². The van der Waals surface area contributed by atoms with Crippen LogP contribution in [0.2, 0.25) is 4.34 Å². The fraction of sp³-hybridized carbons (Fsp3) is 0.316. The van der Waals surface area contributed by atoms with E-state index < -0.39 is 0 Å². The molecule has 0 aliphatic carbocycles. The number of halogens is 1. The standard InChI is InChI=1S/C19H21ClN2OS/c1-3-22(4-2)11-12-23-17-13-16(18-9-10-19(20)24-18)21-15-8-6-5-7-14(15)17/h5-10,13H,3-4,11-12H2,1-2H3. The predicted octanol–water partition coefficient (Wildman–Crippen LogP) is 5.34. The summed E-state index contributed by atoms with van der Waals surface area (Å²) in [5.41, 5.74) is 1.85. The third kappa shape index (κ3) is 3.89. The molecule has 0 atom stereocenters. The van der Waals surface area contributed by atoms with Crippen LogP contribution in [0.5, 0.6) is 5.75 Å². The van der Waals surface area contributed by atoms with Gasteiger partial charge in [-0.15, -0.1) is 11.3 Å². The van der Waals surface area contributed by atoms with Gasteiger partial charge in [-0.25, -0.2) is 4.98 Å². The van der Waals surface area contributed by atoms with Crippen LogP contribution in [0, 0.1) is 0 Å². The molecule has 2 heterocycles. The maximum absolute atomic E-state index is 6.11. The summed E-state index contributed by atoms with van der Waals surface area (Å²) in [5.74, 6) is 0.882. The molecule has 0 unspecified atom stereocenters. The molecule has 3 nitrogen and oxygen atoms in total. The Labute approximate surface area is 151 Å². The molecule has 0 aliphatic heterocycles. The molecule has 1 aromatic carbocycles. The Hall–Kier alpha value is -1.62. The summed E-state index contributed by atoms with van der Waals surface area (Å²) in [6, 6.07) is 14.0. The summed E-state index contributed by atoms with van der Waals surface area (Å²) >= 11 is 7.61. The van der Waals surface area contributed by atoms with E-state index in [1.807, 2.05) is 36.4 Å². The van der Waals surface area contributed by atoms with Gasteiger partial charge in [0.1, 0.15) is 12.4 Å². The molecule has 126 valence electrons. The lowest BCUT2D eigenvalue weighted by Crippen LogP contribution is -2.27. The maximum atomic E-state index is 6.11. The van der Waals surface area contributed by atoms with E-state index in [9.17, 15) is 0 Å². The Kier molecular flexibility index (Phi) is 5.72. The van der Waals surface area contributed by atoms with E-state index in [1.54, 1.807) is 0 Å². The zero-order valence-corrected chi connectivity index (χ0v) is 15.5. The predicted molar refractivity (Wildman–Crippen MR) is 103 cm³/mol. The highest BCUT2D eigenvalue weighted by atomic mass is 35.5. The van der Waals surface area contributed by atoms with Crippen LogP contribution >= 0.6 is 22.9 Å². The smallest absolute Gasteiger partial charge is 0.130 e. The minimum Gasteiger partial charge on any atom is -0.491 e. The van der Waals surface area contributed by atoms with E-state index in [-0.39, 0.29) is 0 Å². The van der Waals surface area contributed by atoms with Crippen molar-refractivity contribution in [3.05, 3.63) is 46.8 Å². The third-order valence-electron chi connectivity index (χ3n) is 4.06. The van der Waals surface area contributed by atoms with Crippen molar-refractivity contribution >= 4 is 33.8 Å². The molecule has 2 aromatic heterocycles. The van der Waals surface area contributed by atoms with Gasteiger partial charge in [-0.2, -0.15) is 0 Å². The minimum absolute atomic E-state index is 0.667. The Bertz CT molecular complexity index is 814. The van der Waals surface area contributed by atoms with E-state index >= 15 is 0 Å². The van der Waals surface area contributed by atoms with Crippen molar-refractivity contribution in [2.75, 3.05) is 26.2 Å². The van der Waals surface area contributed by atoms with Crippen molar-refractivity contribution in [1.29, 1.82) is 0 Å². The molecule has 0 radical (unpaired) electrons. The van der Waals surface area contributed by atoms with Crippen molar-refractivity contribution in [2.45, 2.75) is 13.8 Å². The quantitative estimate of drug-likeness (QED) is 0.568. The SMILES string of the molecule is CCN(CC)CCOc1cc(-c2ccc(Cl)s2)nc2ccccc12. The summed E-state index contributed by atoms with van der Waals surface area (Å²) in [5, 5.41) is 1.04. The van der Waals surface area contributed by atoms with Gasteiger partial charge in [-0.1, -0.05) is 37.6 Å². The number of para-hydroxylation sites is 1. The second-order valence-electron chi connectivity index (χ2n) is 5.50. The fourth-order valence-corrected chi connectivity index (χ4v) is 3.67. The third-order valence-corrected chi connectivity index (χ3v) is 5.32. The Morgan fingerprint density at radius 3 is 2.62 bits per heavy atom. The largest absolute Gasteiger partial charge is 0.491 e. The molecule has 0 spiro atoms. The molecule has 0 saturated carbocycles. The van der Waals surface area contributed by atoms with Gasteiger partial charge >= 0.3 is 0 Å². The van der Waals surface area contributed by atoms with Gasteiger partial charge in [-0.05, 0) is 37.4 Å². The molecule has 3 rings (SSSR count). The minimum atomic E-state index is 0.667. The molecular weight excluding hydrogens is 340 g/mol. The first-order valence-electron chi connectivity index (χ1n) is 8.22. The number of hydrogen-bond donors (Lipinski definition) is 0. The Balaban J connectivity index is 1.90. The van der Waals surface area contributed by atoms with E-state index in [4.69, 9.17) is 21.3 Å². The number of hydrogen-bond acceptors (Lipinski definition) is 4. The number of fused-ring (bicyclic) bond motifs is 1. The summed E-state index contributed by atoms with van der Waals surface area (Å²) < 4.78 is 6.88. The first kappa shape index (κ1) is 17.2. The van der Waals surface area contributed by atoms with Gasteiger partial charge in [0.15, 0.2) is 0 Å². The van der Waals surface area contributed by atoms with Gasteiger partial charge in [0, 0.05) is 18.0 Å². The van der Waals surface area contributed by atoms with Gasteiger partial charge in [0.2, 0.25) is 0 Å². The van der Waals surface area contributed by atoms with E-state index in [0.29, 0.717) is 6.61 Å². The molecular formula is C19H21ClN2OS. The van der Waals surface area contributed by atoms with Crippen LogP contribution in [0.1, 0.15) is 13.8 Å². The highest BCUT2D eigenvalue weighted by Gasteiger charge is 2.10. The lowest BCUT2D eigenvalue weighted by molar-refractivity contribution is 0.224. The van der Waals surface area contributed by atoms with Crippen molar-refractivity contribution in [2.24, 2.45) is 0 Å². The van der Waals surface area contributed by atoms with Crippen LogP contribution in [-0.4, -0.2) is 36.1 Å². The second kappa shape index (κ2) is 7.97. The van der Waals surface area contributed by atoms with Crippen LogP contribution in [0.4, 0.5) is 0 Å². The molecule has 0 bridgehead atoms. The number of aromatic nitrogens is 1. The molecule has 3 aromatic rings. The number of likely N-dealkylation sites (N-methyl/N-ethyl adjacent to an activating group) is 1. The second-order valence-corrected chi connectivity index (χ2v) is 7.22. The molecule has 0 amide bonds. The van der Waals surface area contributed by atoms with Gasteiger partial charge in [0.05, 0.1) is 20.4 Å². The monoisotopic (exact) mass is 360 g/mol. The van der Waals surface area contributed by atoms with Crippen LogP contribution in [0.15, 0.2) is 42.5 Å². The first-order valence-corrected chi connectivity index (χ1v) is 9.41. The number of ether oxygens (including phenoxy) is 1. The summed E-state index contributed by atoms with van der Waals surface area (Å²) in [4.78, 5) is 8.16. The highest BCUT2D eigenvalue weighted by molar-refractivity contribution is 7.19. The number of benzene rings is 1. The van der Waals surface area contributed by atoms with E-state index in [2.05, 4.69) is 24.8 Å². The normalized spacial score (nSPS) is 11.3. The molecule has 24 heavy (non-hydrogen) atoms. The van der Waals surface area contributed by atoms with Gasteiger partial charge < -0.3 is 9.64 Å². The summed E-state index contributed by atoms with van der Waals surface area (Å²) in [6.07, 6.45) is 0. The van der Waals surface area contributed by atoms with Crippen LogP contribution in [0.25, 0.3) is 21.5 Å². The van der Waals surface area contributed by atoms with Crippen LogP contribution in [-0.2, 0) is 0 Å². The van der Waals surface area contributed by atoms with E-state index in [0.717, 1.165) is 51.2 Å². The average Bonchev–Trinajstić information content (AvgIpc) is 3.05. The topological polar surface area (TPSA) is 25.4 Å². The van der Waals surface area contributed by atoms with Crippen LogP contribution in [0.3, 0.4) is 0 Å². The summed E-state index contributed by atoms with van der Waals surface area (Å²) in [6.45, 7) is 8.00. The van der Waals surface area contributed by atoms with Gasteiger partial charge in [-0.3, -0.25) is 0 Å². The van der Waals surface area contributed by atoms with Gasteiger partial charge in [0.25, 0.3) is 0 Å². The number of thiophene rings is 1. The highest BCUT2D eigenvalue weighted by Crippen LogP contribution is 2.34. The zero-order valence-electron chi connectivity index (χ0n) is 14.0. The van der Waals surface area contributed by atoms with Crippen molar-refractivity contribution in [3.63, 3.8) is 0 Å². The van der Waals surface area contributed by atoms with Crippen molar-refractivity contribution in [3.8, 4) is 16.3 Å². The van der Waals surface area contributed by atoms with Crippen molar-refractivity contribution in [1.82, 2.24) is 9.88 Å². The summed E-state index contributed by atoms with van der Waals surface area (Å²) in [7, 11) is 0. The van der Waals surface area contributed by atoms with Crippen LogP contribution < -0.4 is 4.74 Å². The lowest BCUT2D eigenvalue weighted by Gasteiger charge is -2.18. The maximum Gasteiger partial charge on any atom is 0.130 e. The number of rotatable bonds is 7. The Morgan fingerprint density at radius 1 is 1.12 bits per heavy atom. The molecule has 0 N–H and O–H groups in total. The molecule has 0 fully saturated rings. The molecule has 5 heteroatoms. The Morgan fingerprint density at radius 2 is 1.92 bits per heavy atom. The lowest BCUT2D eigenvalue weighted by atomic mass is 10.1. The zero-order chi connectivity index (χ0) is 16.9. The molecule has 0 saturated heterocycles. The number of nitrogens with zero attached hydrogens (tertiary/aromatic N) is 2. The molecule has 0 aliphatic rings. The number of pyridine rings is 1. The average molecular weight is 361 g/mol. The first-order chi connectivity index (χ1) is 11.7. The fourth-order valence-electron chi connectivity index (χ4n) is 2.67.